The minimum Gasteiger partial charge on any atom is -0.354 e. The number of nitrogens with zero attached hydrogens (tertiary/aromatic N) is 4. The van der Waals surface area contributed by atoms with Crippen LogP contribution in [0.4, 0.5) is 0 Å². The molecule has 3 aromatic rings. The first-order chi connectivity index (χ1) is 15.1. The molecule has 2 aliphatic heterocycles. The number of amides is 2. The zero-order valence-electron chi connectivity index (χ0n) is 17.7. The van der Waals surface area contributed by atoms with E-state index in [0.717, 1.165) is 35.6 Å². The summed E-state index contributed by atoms with van der Waals surface area (Å²) >= 11 is 0. The number of carbonyl (C=O) groups excluding carboxylic acids is 2. The summed E-state index contributed by atoms with van der Waals surface area (Å²) in [4.78, 5) is 37.1. The molecule has 7 nitrogen and oxygen atoms in total. The standard InChI is InChI=1S/C24H25N5O2/c1-15-12-17(10-11-26-15)24(31)29-18-8-9-19(29)14-28-20(13-18)21(23(30)25-2)27-22(28)16-6-4-3-5-7-16/h3-7,10-12,18-19H,8-9,13-14H2,1-2H3,(H,25,30)/t18-,19+/m0/s1. The number of nitrogens with one attached hydrogen (secondary N) is 1. The summed E-state index contributed by atoms with van der Waals surface area (Å²) in [5.41, 5.74) is 3.84. The predicted octanol–water partition coefficient (Wildman–Crippen LogP) is 2.84. The summed E-state index contributed by atoms with van der Waals surface area (Å²) in [7, 11) is 1.63. The first kappa shape index (κ1) is 19.5. The Bertz CT molecular complexity index is 1150. The molecule has 7 heteroatoms. The van der Waals surface area contributed by atoms with Gasteiger partial charge in [0, 0.05) is 49.1 Å². The molecule has 0 aliphatic carbocycles. The van der Waals surface area contributed by atoms with Crippen LogP contribution in [0.25, 0.3) is 11.4 Å². The van der Waals surface area contributed by atoms with Gasteiger partial charge in [0.05, 0.1) is 11.7 Å². The molecule has 31 heavy (non-hydrogen) atoms. The third kappa shape index (κ3) is 3.30. The van der Waals surface area contributed by atoms with Crippen molar-refractivity contribution in [2.24, 2.45) is 0 Å². The number of carbonyl (C=O) groups is 2. The molecule has 5 rings (SSSR count). The third-order valence-electron chi connectivity index (χ3n) is 6.37. The summed E-state index contributed by atoms with van der Waals surface area (Å²) < 4.78 is 2.15. The van der Waals surface area contributed by atoms with Gasteiger partial charge in [0.2, 0.25) is 0 Å². The molecule has 158 valence electrons. The number of pyridine rings is 1. The molecule has 4 heterocycles. The summed E-state index contributed by atoms with van der Waals surface area (Å²) in [5, 5.41) is 2.72. The smallest absolute Gasteiger partial charge is 0.271 e. The number of hydrogen-bond donors (Lipinski definition) is 1. The highest BCUT2D eigenvalue weighted by atomic mass is 16.2. The lowest BCUT2D eigenvalue weighted by molar-refractivity contribution is 0.0666. The molecule has 1 fully saturated rings. The van der Waals surface area contributed by atoms with Crippen LogP contribution in [0.3, 0.4) is 0 Å². The van der Waals surface area contributed by atoms with Crippen LogP contribution in [0, 0.1) is 6.92 Å². The number of imidazole rings is 1. The van der Waals surface area contributed by atoms with Crippen molar-refractivity contribution in [3.63, 3.8) is 0 Å². The van der Waals surface area contributed by atoms with Crippen LogP contribution in [-0.4, -0.2) is 50.4 Å². The maximum Gasteiger partial charge on any atom is 0.271 e. The fourth-order valence-corrected chi connectivity index (χ4v) is 4.93. The van der Waals surface area contributed by atoms with Gasteiger partial charge in [-0.3, -0.25) is 14.6 Å². The van der Waals surface area contributed by atoms with Crippen LogP contribution in [0.1, 0.15) is 45.1 Å². The molecule has 0 radical (unpaired) electrons. The van der Waals surface area contributed by atoms with Gasteiger partial charge in [0.15, 0.2) is 0 Å². The number of rotatable bonds is 3. The monoisotopic (exact) mass is 415 g/mol. The SMILES string of the molecule is CNC(=O)c1nc(-c2ccccc2)n2c1C[C@@H]1CC[C@H](C2)N1C(=O)c1ccnc(C)c1. The molecule has 2 aliphatic rings. The lowest BCUT2D eigenvalue weighted by Crippen LogP contribution is -2.42. The van der Waals surface area contributed by atoms with Gasteiger partial charge < -0.3 is 14.8 Å². The second kappa shape index (κ2) is 7.65. The quantitative estimate of drug-likeness (QED) is 0.713. The van der Waals surface area contributed by atoms with E-state index in [-0.39, 0.29) is 23.9 Å². The maximum absolute atomic E-state index is 13.5. The van der Waals surface area contributed by atoms with Gasteiger partial charge in [0.1, 0.15) is 11.5 Å². The number of fused-ring (bicyclic) bond motifs is 3. The Kier molecular flexibility index (Phi) is 4.81. The van der Waals surface area contributed by atoms with Gasteiger partial charge >= 0.3 is 0 Å². The van der Waals surface area contributed by atoms with Crippen LogP contribution in [0.15, 0.2) is 48.7 Å². The normalized spacial score (nSPS) is 19.6. The molecular weight excluding hydrogens is 390 g/mol. The number of benzene rings is 1. The van der Waals surface area contributed by atoms with Crippen LogP contribution >= 0.6 is 0 Å². The molecule has 2 amide bonds. The van der Waals surface area contributed by atoms with E-state index in [1.807, 2.05) is 48.2 Å². The number of aryl methyl sites for hydroxylation is 1. The minimum absolute atomic E-state index is 0.0412. The van der Waals surface area contributed by atoms with Gasteiger partial charge in [-0.1, -0.05) is 30.3 Å². The summed E-state index contributed by atoms with van der Waals surface area (Å²) in [5.74, 6) is 0.639. The highest BCUT2D eigenvalue weighted by Crippen LogP contribution is 2.36. The highest BCUT2D eigenvalue weighted by molar-refractivity contribution is 5.96. The molecule has 0 spiro atoms. The Morgan fingerprint density at radius 1 is 1.10 bits per heavy atom. The molecule has 2 atom stereocenters. The summed E-state index contributed by atoms with van der Waals surface area (Å²) in [6.07, 6.45) is 4.18. The molecule has 0 saturated carbocycles. The van der Waals surface area contributed by atoms with Crippen molar-refractivity contribution in [1.82, 2.24) is 24.8 Å². The Morgan fingerprint density at radius 3 is 2.61 bits per heavy atom. The fourth-order valence-electron chi connectivity index (χ4n) is 4.93. The van der Waals surface area contributed by atoms with Crippen LogP contribution in [0.5, 0.6) is 0 Å². The van der Waals surface area contributed by atoms with E-state index in [2.05, 4.69) is 14.9 Å². The minimum atomic E-state index is -0.189. The Morgan fingerprint density at radius 2 is 1.87 bits per heavy atom. The van der Waals surface area contributed by atoms with E-state index in [1.54, 1.807) is 19.3 Å². The van der Waals surface area contributed by atoms with Gasteiger partial charge in [-0.15, -0.1) is 0 Å². The van der Waals surface area contributed by atoms with Gasteiger partial charge in [-0.2, -0.15) is 0 Å². The van der Waals surface area contributed by atoms with E-state index >= 15 is 0 Å². The maximum atomic E-state index is 13.5. The van der Waals surface area contributed by atoms with Crippen molar-refractivity contribution in [3.05, 3.63) is 71.3 Å². The Labute approximate surface area is 181 Å². The van der Waals surface area contributed by atoms with E-state index in [4.69, 9.17) is 4.98 Å². The van der Waals surface area contributed by atoms with Crippen molar-refractivity contribution >= 4 is 11.8 Å². The second-order valence-corrected chi connectivity index (χ2v) is 8.27. The van der Waals surface area contributed by atoms with E-state index in [1.165, 1.54) is 0 Å². The molecule has 1 saturated heterocycles. The summed E-state index contributed by atoms with van der Waals surface area (Å²) in [6.45, 7) is 2.53. The largest absolute Gasteiger partial charge is 0.354 e. The van der Waals surface area contributed by atoms with Crippen molar-refractivity contribution in [2.45, 2.75) is 44.8 Å². The molecular formula is C24H25N5O2. The van der Waals surface area contributed by atoms with Crippen molar-refractivity contribution in [2.75, 3.05) is 7.05 Å². The Balaban J connectivity index is 1.58. The third-order valence-corrected chi connectivity index (χ3v) is 6.37. The van der Waals surface area contributed by atoms with Gasteiger partial charge in [0.25, 0.3) is 11.8 Å². The predicted molar refractivity (Wildman–Crippen MR) is 117 cm³/mol. The molecule has 1 aromatic carbocycles. The van der Waals surface area contributed by atoms with Crippen molar-refractivity contribution < 1.29 is 9.59 Å². The van der Waals surface area contributed by atoms with Gasteiger partial charge in [-0.05, 0) is 31.9 Å². The molecule has 2 bridgehead atoms. The number of hydrogen-bond acceptors (Lipinski definition) is 4. The van der Waals surface area contributed by atoms with Crippen LogP contribution < -0.4 is 5.32 Å². The fraction of sp³-hybridized carbons (Fsp3) is 0.333. The molecule has 1 N–H and O–H groups in total. The highest BCUT2D eigenvalue weighted by Gasteiger charge is 2.42. The topological polar surface area (TPSA) is 80.1 Å². The Hall–Kier alpha value is -3.48. The zero-order valence-corrected chi connectivity index (χ0v) is 17.7. The van der Waals surface area contributed by atoms with Crippen molar-refractivity contribution in [3.8, 4) is 11.4 Å². The average Bonchev–Trinajstić information content (AvgIpc) is 3.29. The average molecular weight is 415 g/mol. The van der Waals surface area contributed by atoms with E-state index < -0.39 is 0 Å². The lowest BCUT2D eigenvalue weighted by Gasteiger charge is -2.28. The zero-order chi connectivity index (χ0) is 21.5. The van der Waals surface area contributed by atoms with E-state index in [0.29, 0.717) is 24.2 Å². The van der Waals surface area contributed by atoms with Gasteiger partial charge in [-0.25, -0.2) is 4.98 Å². The molecule has 2 aromatic heterocycles. The van der Waals surface area contributed by atoms with E-state index in [9.17, 15) is 9.59 Å². The number of aromatic nitrogens is 3. The van der Waals surface area contributed by atoms with Crippen molar-refractivity contribution in [1.29, 1.82) is 0 Å². The second-order valence-electron chi connectivity index (χ2n) is 8.27. The lowest BCUT2D eigenvalue weighted by atomic mass is 10.0. The first-order valence-corrected chi connectivity index (χ1v) is 10.7. The first-order valence-electron chi connectivity index (χ1n) is 10.7. The summed E-state index contributed by atoms with van der Waals surface area (Å²) in [6, 6.07) is 13.7. The molecule has 0 unspecified atom stereocenters. The van der Waals surface area contributed by atoms with Crippen LogP contribution in [0.2, 0.25) is 0 Å². The van der Waals surface area contributed by atoms with Crippen LogP contribution in [-0.2, 0) is 13.0 Å².